The molecule has 0 unspecified atom stereocenters. The van der Waals surface area contributed by atoms with Crippen LogP contribution in [0.15, 0.2) is 51.4 Å². The number of furan rings is 1. The number of rotatable bonds is 5. The number of carbonyl (C=O) groups excluding carboxylic acids is 1. The van der Waals surface area contributed by atoms with E-state index in [0.717, 1.165) is 17.1 Å². The summed E-state index contributed by atoms with van der Waals surface area (Å²) in [5.41, 5.74) is 1.48. The van der Waals surface area contributed by atoms with Gasteiger partial charge in [-0.1, -0.05) is 35.5 Å². The fraction of sp³-hybridized carbons (Fsp3) is 0.176. The quantitative estimate of drug-likeness (QED) is 0.725. The smallest absolute Gasteiger partial charge is 0.345 e. The van der Waals surface area contributed by atoms with E-state index in [1.165, 1.54) is 7.11 Å². The molecule has 6 heteroatoms. The second-order valence-corrected chi connectivity index (χ2v) is 4.96. The number of methoxy groups -OCH3 is 1. The first kappa shape index (κ1) is 14.9. The second kappa shape index (κ2) is 6.39. The van der Waals surface area contributed by atoms with E-state index in [0.29, 0.717) is 12.2 Å². The van der Waals surface area contributed by atoms with Crippen molar-refractivity contribution in [3.05, 3.63) is 59.5 Å². The summed E-state index contributed by atoms with van der Waals surface area (Å²) in [7, 11) is 1.32. The maximum Gasteiger partial charge on any atom is 0.345 e. The van der Waals surface area contributed by atoms with E-state index in [4.69, 9.17) is 13.7 Å². The number of nitrogens with one attached hydrogen (secondary N) is 1. The number of nitrogens with zero attached hydrogens (tertiary/aromatic N) is 1. The molecule has 3 rings (SSSR count). The summed E-state index contributed by atoms with van der Waals surface area (Å²) in [6.45, 7) is 2.24. The molecular formula is C17H16N2O4. The van der Waals surface area contributed by atoms with Gasteiger partial charge in [0.15, 0.2) is 5.56 Å². The van der Waals surface area contributed by atoms with Crippen molar-refractivity contribution in [2.45, 2.75) is 13.5 Å². The lowest BCUT2D eigenvalue weighted by Gasteiger charge is -2.04. The van der Waals surface area contributed by atoms with Crippen molar-refractivity contribution >= 4 is 11.9 Å². The number of esters is 1. The minimum absolute atomic E-state index is 0.254. The predicted molar refractivity (Wildman–Crippen MR) is 84.1 cm³/mol. The molecule has 1 aromatic carbocycles. The van der Waals surface area contributed by atoms with Crippen molar-refractivity contribution in [2.75, 3.05) is 12.4 Å². The Hall–Kier alpha value is -3.02. The van der Waals surface area contributed by atoms with Crippen molar-refractivity contribution in [1.82, 2.24) is 5.16 Å². The molecular weight excluding hydrogens is 296 g/mol. The highest BCUT2D eigenvalue weighted by molar-refractivity contribution is 6.00. The molecule has 23 heavy (non-hydrogen) atoms. The molecule has 0 bridgehead atoms. The van der Waals surface area contributed by atoms with Crippen molar-refractivity contribution in [1.29, 1.82) is 0 Å². The van der Waals surface area contributed by atoms with Crippen LogP contribution in [0.1, 0.15) is 21.9 Å². The molecule has 0 saturated heterocycles. The van der Waals surface area contributed by atoms with Gasteiger partial charge in [0.2, 0.25) is 5.88 Å². The lowest BCUT2D eigenvalue weighted by molar-refractivity contribution is 0.0602. The van der Waals surface area contributed by atoms with Crippen molar-refractivity contribution in [2.24, 2.45) is 0 Å². The number of aryl methyl sites for hydroxylation is 1. The Morgan fingerprint density at radius 3 is 2.65 bits per heavy atom. The van der Waals surface area contributed by atoms with Crippen LogP contribution in [0, 0.1) is 6.92 Å². The molecule has 2 heterocycles. The third-order valence-corrected chi connectivity index (χ3v) is 3.35. The Balaban J connectivity index is 1.91. The maximum absolute atomic E-state index is 12.1. The summed E-state index contributed by atoms with van der Waals surface area (Å²) in [5.74, 6) is 1.29. The molecule has 0 fully saturated rings. The van der Waals surface area contributed by atoms with E-state index in [2.05, 4.69) is 10.5 Å². The average Bonchev–Trinajstić information content (AvgIpc) is 3.19. The van der Waals surface area contributed by atoms with Gasteiger partial charge in [-0.05, 0) is 19.1 Å². The zero-order valence-electron chi connectivity index (χ0n) is 12.8. The minimum Gasteiger partial charge on any atom is -0.465 e. The zero-order chi connectivity index (χ0) is 16.2. The van der Waals surface area contributed by atoms with Gasteiger partial charge in [-0.25, -0.2) is 4.79 Å². The lowest BCUT2D eigenvalue weighted by atomic mass is 10.1. The molecule has 0 radical (unpaired) electrons. The molecule has 6 nitrogen and oxygen atoms in total. The Kier molecular flexibility index (Phi) is 4.14. The number of ether oxygens (including phenoxy) is 1. The molecule has 1 N–H and O–H groups in total. The minimum atomic E-state index is -0.511. The van der Waals surface area contributed by atoms with Crippen LogP contribution in [0.2, 0.25) is 0 Å². The summed E-state index contributed by atoms with van der Waals surface area (Å²) in [6, 6.07) is 13.0. The van der Waals surface area contributed by atoms with Gasteiger partial charge in [0.05, 0.1) is 13.7 Å². The maximum atomic E-state index is 12.1. The summed E-state index contributed by atoms with van der Waals surface area (Å²) >= 11 is 0. The fourth-order valence-corrected chi connectivity index (χ4v) is 2.24. The van der Waals surface area contributed by atoms with Crippen LogP contribution in [-0.2, 0) is 11.3 Å². The summed E-state index contributed by atoms with van der Waals surface area (Å²) in [4.78, 5) is 12.1. The number of hydrogen-bond donors (Lipinski definition) is 1. The zero-order valence-corrected chi connectivity index (χ0v) is 12.8. The van der Waals surface area contributed by atoms with Crippen LogP contribution in [0.4, 0.5) is 5.88 Å². The summed E-state index contributed by atoms with van der Waals surface area (Å²) in [5, 5.41) is 7.03. The standard InChI is InChI=1S/C17H16N2O4/c1-11-8-9-13(22-11)10-18-16-14(17(20)21-2)15(19-23-16)12-6-4-3-5-7-12/h3-9,18H,10H2,1-2H3. The molecule has 118 valence electrons. The normalized spacial score (nSPS) is 10.5. The number of carbonyl (C=O) groups is 1. The molecule has 0 saturated carbocycles. The van der Waals surface area contributed by atoms with Crippen LogP contribution in [0.3, 0.4) is 0 Å². The first-order chi connectivity index (χ1) is 11.2. The van der Waals surface area contributed by atoms with E-state index in [1.807, 2.05) is 49.4 Å². The van der Waals surface area contributed by atoms with Crippen LogP contribution in [0.5, 0.6) is 0 Å². The molecule has 0 atom stereocenters. The first-order valence-electron chi connectivity index (χ1n) is 7.11. The summed E-state index contributed by atoms with van der Waals surface area (Å²) in [6.07, 6.45) is 0. The number of hydrogen-bond acceptors (Lipinski definition) is 6. The average molecular weight is 312 g/mol. The highest BCUT2D eigenvalue weighted by atomic mass is 16.5. The van der Waals surface area contributed by atoms with E-state index in [-0.39, 0.29) is 11.4 Å². The van der Waals surface area contributed by atoms with Crippen LogP contribution < -0.4 is 5.32 Å². The Bertz CT molecular complexity index is 805. The fourth-order valence-electron chi connectivity index (χ4n) is 2.24. The first-order valence-corrected chi connectivity index (χ1v) is 7.11. The predicted octanol–water partition coefficient (Wildman–Crippen LogP) is 3.64. The van der Waals surface area contributed by atoms with Gasteiger partial charge in [-0.15, -0.1) is 0 Å². The largest absolute Gasteiger partial charge is 0.465 e. The van der Waals surface area contributed by atoms with Gasteiger partial charge in [-0.2, -0.15) is 0 Å². The van der Waals surface area contributed by atoms with Gasteiger partial charge >= 0.3 is 5.97 Å². The SMILES string of the molecule is COC(=O)c1c(-c2ccccc2)noc1NCc1ccc(C)o1. The third-order valence-electron chi connectivity index (χ3n) is 3.35. The van der Waals surface area contributed by atoms with Crippen molar-refractivity contribution < 1.29 is 18.5 Å². The topological polar surface area (TPSA) is 77.5 Å². The van der Waals surface area contributed by atoms with E-state index in [1.54, 1.807) is 0 Å². The molecule has 3 aromatic rings. The van der Waals surface area contributed by atoms with Gasteiger partial charge in [-0.3, -0.25) is 0 Å². The Morgan fingerprint density at radius 1 is 1.22 bits per heavy atom. The van der Waals surface area contributed by atoms with Gasteiger partial charge in [0.25, 0.3) is 0 Å². The Labute approximate surface area is 133 Å². The second-order valence-electron chi connectivity index (χ2n) is 4.96. The highest BCUT2D eigenvalue weighted by Crippen LogP contribution is 2.29. The van der Waals surface area contributed by atoms with Gasteiger partial charge < -0.3 is 19.0 Å². The Morgan fingerprint density at radius 2 is 2.00 bits per heavy atom. The molecule has 0 aliphatic carbocycles. The number of benzene rings is 1. The van der Waals surface area contributed by atoms with Crippen molar-refractivity contribution in [3.8, 4) is 11.3 Å². The third kappa shape index (κ3) is 3.11. The van der Waals surface area contributed by atoms with E-state index < -0.39 is 5.97 Å². The molecule has 0 spiro atoms. The molecule has 0 aliphatic heterocycles. The lowest BCUT2D eigenvalue weighted by Crippen LogP contribution is -2.07. The van der Waals surface area contributed by atoms with Crippen LogP contribution in [-0.4, -0.2) is 18.2 Å². The highest BCUT2D eigenvalue weighted by Gasteiger charge is 2.24. The van der Waals surface area contributed by atoms with Crippen LogP contribution in [0.25, 0.3) is 11.3 Å². The molecule has 2 aromatic heterocycles. The van der Waals surface area contributed by atoms with Gasteiger partial charge in [0.1, 0.15) is 17.2 Å². The monoisotopic (exact) mass is 312 g/mol. The van der Waals surface area contributed by atoms with Crippen molar-refractivity contribution in [3.63, 3.8) is 0 Å². The molecule has 0 aliphatic rings. The molecule has 0 amide bonds. The van der Waals surface area contributed by atoms with Crippen LogP contribution >= 0.6 is 0 Å². The van der Waals surface area contributed by atoms with E-state index >= 15 is 0 Å². The summed E-state index contributed by atoms with van der Waals surface area (Å²) < 4.78 is 15.6. The number of anilines is 1. The number of aromatic nitrogens is 1. The van der Waals surface area contributed by atoms with E-state index in [9.17, 15) is 4.79 Å². The van der Waals surface area contributed by atoms with Gasteiger partial charge in [0, 0.05) is 5.56 Å².